The summed E-state index contributed by atoms with van der Waals surface area (Å²) in [6.07, 6.45) is 2.70. The van der Waals surface area contributed by atoms with Crippen LogP contribution in [0.1, 0.15) is 19.3 Å². The summed E-state index contributed by atoms with van der Waals surface area (Å²) in [5, 5.41) is 12.1. The van der Waals surface area contributed by atoms with Gasteiger partial charge in [0.05, 0.1) is 18.2 Å². The normalized spacial score (nSPS) is 45.6. The Hall–Kier alpha value is -0.160. The Bertz CT molecular complexity index is 227. The van der Waals surface area contributed by atoms with Gasteiger partial charge in [-0.05, 0) is 19.3 Å². The number of ether oxygens (including phenoxy) is 1. The lowest BCUT2D eigenvalue weighted by atomic mass is 9.73. The molecule has 0 radical (unpaired) electrons. The van der Waals surface area contributed by atoms with Crippen LogP contribution in [-0.2, 0) is 9.57 Å². The predicted molar refractivity (Wildman–Crippen MR) is 49.6 cm³/mol. The SMILES string of the molecule is O[C@H]1CCN2OC[C@@H]1C21CCOCC1. The standard InChI is InChI=1S/C10H17NO3/c12-9-1-4-11-10(8(9)7-14-11)2-5-13-6-3-10/h8-9,12H,1-7H2/t8-,9-/m0/s1. The minimum atomic E-state index is -0.174. The zero-order valence-electron chi connectivity index (χ0n) is 8.32. The van der Waals surface area contributed by atoms with Crippen molar-refractivity contribution in [1.82, 2.24) is 5.06 Å². The highest BCUT2D eigenvalue weighted by molar-refractivity contribution is 5.04. The van der Waals surface area contributed by atoms with E-state index >= 15 is 0 Å². The van der Waals surface area contributed by atoms with Crippen LogP contribution in [-0.4, -0.2) is 48.2 Å². The van der Waals surface area contributed by atoms with Crippen LogP contribution in [0.3, 0.4) is 0 Å². The lowest BCUT2D eigenvalue weighted by molar-refractivity contribution is -0.200. The van der Waals surface area contributed by atoms with Crippen molar-refractivity contribution >= 4 is 0 Å². The summed E-state index contributed by atoms with van der Waals surface area (Å²) < 4.78 is 5.39. The van der Waals surface area contributed by atoms with Gasteiger partial charge < -0.3 is 9.84 Å². The molecule has 0 aliphatic carbocycles. The maximum atomic E-state index is 9.97. The lowest BCUT2D eigenvalue weighted by Gasteiger charge is -2.47. The van der Waals surface area contributed by atoms with Crippen LogP contribution >= 0.6 is 0 Å². The van der Waals surface area contributed by atoms with Gasteiger partial charge in [0.25, 0.3) is 0 Å². The molecule has 14 heavy (non-hydrogen) atoms. The molecular formula is C10H17NO3. The Morgan fingerprint density at radius 1 is 1.29 bits per heavy atom. The maximum absolute atomic E-state index is 9.97. The molecule has 0 aromatic rings. The van der Waals surface area contributed by atoms with Gasteiger partial charge in [-0.2, -0.15) is 5.06 Å². The van der Waals surface area contributed by atoms with Crippen molar-refractivity contribution in [2.45, 2.75) is 30.9 Å². The minimum absolute atomic E-state index is 0.0932. The van der Waals surface area contributed by atoms with Crippen LogP contribution < -0.4 is 0 Å². The van der Waals surface area contributed by atoms with Crippen molar-refractivity contribution in [3.8, 4) is 0 Å². The summed E-state index contributed by atoms with van der Waals surface area (Å²) >= 11 is 0. The second-order valence-electron chi connectivity index (χ2n) is 4.58. The van der Waals surface area contributed by atoms with E-state index in [1.807, 2.05) is 0 Å². The molecule has 0 aromatic carbocycles. The number of aliphatic hydroxyl groups is 1. The summed E-state index contributed by atoms with van der Waals surface area (Å²) in [5.74, 6) is 0.306. The highest BCUT2D eigenvalue weighted by Gasteiger charge is 2.55. The second kappa shape index (κ2) is 3.17. The van der Waals surface area contributed by atoms with Crippen LogP contribution in [0.4, 0.5) is 0 Å². The fourth-order valence-electron chi connectivity index (χ4n) is 3.19. The van der Waals surface area contributed by atoms with Gasteiger partial charge in [0, 0.05) is 25.7 Å². The van der Waals surface area contributed by atoms with Crippen molar-refractivity contribution in [2.75, 3.05) is 26.4 Å². The van der Waals surface area contributed by atoms with E-state index in [1.54, 1.807) is 0 Å². The third-order valence-electron chi connectivity index (χ3n) is 4.05. The highest BCUT2D eigenvalue weighted by atomic mass is 16.7. The number of rotatable bonds is 0. The van der Waals surface area contributed by atoms with Crippen LogP contribution in [0, 0.1) is 5.92 Å². The first kappa shape index (κ1) is 9.09. The van der Waals surface area contributed by atoms with Crippen LogP contribution in [0.2, 0.25) is 0 Å². The zero-order chi connectivity index (χ0) is 9.60. The van der Waals surface area contributed by atoms with E-state index in [2.05, 4.69) is 5.06 Å². The Kier molecular flexibility index (Phi) is 2.06. The van der Waals surface area contributed by atoms with Gasteiger partial charge in [0.2, 0.25) is 0 Å². The van der Waals surface area contributed by atoms with E-state index in [-0.39, 0.29) is 11.6 Å². The van der Waals surface area contributed by atoms with E-state index in [9.17, 15) is 5.11 Å². The average Bonchev–Trinajstić information content (AvgIpc) is 2.42. The highest BCUT2D eigenvalue weighted by Crippen LogP contribution is 2.45. The van der Waals surface area contributed by atoms with E-state index in [0.717, 1.165) is 39.0 Å². The summed E-state index contributed by atoms with van der Waals surface area (Å²) in [6.45, 7) is 3.19. The molecule has 1 unspecified atom stereocenters. The molecule has 0 saturated carbocycles. The van der Waals surface area contributed by atoms with Gasteiger partial charge in [-0.3, -0.25) is 4.84 Å². The van der Waals surface area contributed by atoms with E-state index in [0.29, 0.717) is 12.5 Å². The van der Waals surface area contributed by atoms with E-state index in [4.69, 9.17) is 9.57 Å². The van der Waals surface area contributed by atoms with E-state index in [1.165, 1.54) is 0 Å². The summed E-state index contributed by atoms with van der Waals surface area (Å²) in [7, 11) is 0. The Morgan fingerprint density at radius 3 is 2.86 bits per heavy atom. The molecule has 4 heteroatoms. The molecule has 80 valence electrons. The monoisotopic (exact) mass is 199 g/mol. The largest absolute Gasteiger partial charge is 0.393 e. The molecule has 1 N–H and O–H groups in total. The predicted octanol–water partition coefficient (Wildman–Crippen LogP) is 0.164. The molecular weight excluding hydrogens is 182 g/mol. The Morgan fingerprint density at radius 2 is 2.07 bits per heavy atom. The van der Waals surface area contributed by atoms with Gasteiger partial charge in [0.1, 0.15) is 0 Å². The summed E-state index contributed by atoms with van der Waals surface area (Å²) in [5.41, 5.74) is 0.0932. The number of hydrogen-bond donors (Lipinski definition) is 1. The topological polar surface area (TPSA) is 41.9 Å². The molecule has 3 atom stereocenters. The van der Waals surface area contributed by atoms with Crippen LogP contribution in [0.25, 0.3) is 0 Å². The van der Waals surface area contributed by atoms with E-state index < -0.39 is 0 Å². The molecule has 3 aliphatic rings. The van der Waals surface area contributed by atoms with Gasteiger partial charge in [-0.15, -0.1) is 0 Å². The third kappa shape index (κ3) is 1.08. The summed E-state index contributed by atoms with van der Waals surface area (Å²) in [4.78, 5) is 5.66. The van der Waals surface area contributed by atoms with Gasteiger partial charge in [-0.25, -0.2) is 0 Å². The first-order valence-electron chi connectivity index (χ1n) is 5.49. The average molecular weight is 199 g/mol. The van der Waals surface area contributed by atoms with Crippen molar-refractivity contribution in [1.29, 1.82) is 0 Å². The number of piperidine rings is 1. The molecule has 1 spiro atoms. The first-order valence-corrected chi connectivity index (χ1v) is 5.49. The molecule has 2 bridgehead atoms. The van der Waals surface area contributed by atoms with Crippen LogP contribution in [0.15, 0.2) is 0 Å². The fraction of sp³-hybridized carbons (Fsp3) is 1.00. The fourth-order valence-corrected chi connectivity index (χ4v) is 3.19. The molecule has 0 amide bonds. The molecule has 3 saturated heterocycles. The zero-order valence-corrected chi connectivity index (χ0v) is 8.32. The van der Waals surface area contributed by atoms with Crippen molar-refractivity contribution in [3.05, 3.63) is 0 Å². The van der Waals surface area contributed by atoms with Crippen LogP contribution in [0.5, 0.6) is 0 Å². The number of aliphatic hydroxyl groups excluding tert-OH is 1. The quantitative estimate of drug-likeness (QED) is 0.603. The molecule has 3 aliphatic heterocycles. The Labute approximate surface area is 83.7 Å². The van der Waals surface area contributed by atoms with Gasteiger partial charge in [-0.1, -0.05) is 0 Å². The van der Waals surface area contributed by atoms with Gasteiger partial charge >= 0.3 is 0 Å². The maximum Gasteiger partial charge on any atom is 0.0756 e. The third-order valence-corrected chi connectivity index (χ3v) is 4.05. The number of hydrogen-bond acceptors (Lipinski definition) is 4. The molecule has 3 heterocycles. The Balaban J connectivity index is 1.89. The van der Waals surface area contributed by atoms with Crippen molar-refractivity contribution in [2.24, 2.45) is 5.92 Å². The number of nitrogens with zero attached hydrogens (tertiary/aromatic N) is 1. The molecule has 0 aromatic heterocycles. The molecule has 3 rings (SSSR count). The molecule has 3 fully saturated rings. The lowest BCUT2D eigenvalue weighted by Crippen LogP contribution is -2.58. The van der Waals surface area contributed by atoms with Gasteiger partial charge in [0.15, 0.2) is 0 Å². The molecule has 4 nitrogen and oxygen atoms in total. The summed E-state index contributed by atoms with van der Waals surface area (Å²) in [6, 6.07) is 0. The second-order valence-corrected chi connectivity index (χ2v) is 4.58. The smallest absolute Gasteiger partial charge is 0.0756 e. The van der Waals surface area contributed by atoms with Crippen molar-refractivity contribution < 1.29 is 14.7 Å². The van der Waals surface area contributed by atoms with Crippen molar-refractivity contribution in [3.63, 3.8) is 0 Å². The minimum Gasteiger partial charge on any atom is -0.393 e. The number of hydroxylamine groups is 2. The first-order chi connectivity index (χ1) is 6.83.